The third-order valence-electron chi connectivity index (χ3n) is 2.72. The molecule has 0 saturated heterocycles. The Labute approximate surface area is 115 Å². The number of nitrogens with one attached hydrogen (secondary N) is 2. The van der Waals surface area contributed by atoms with Gasteiger partial charge in [-0.15, -0.1) is 11.3 Å². The molecule has 0 amide bonds. The number of thiocarbonyl (C=S) groups is 1. The van der Waals surface area contributed by atoms with Crippen LogP contribution < -0.4 is 10.6 Å². The summed E-state index contributed by atoms with van der Waals surface area (Å²) < 4.78 is 5.65. The standard InChI is InChI=1S/C13H12N2OS2/c1-8-4-5-11(16-8)9-7-10(15-13(17)14-9)12-3-2-6-18-12/h2-7,9H,1H3,(H2,14,15,17). The Morgan fingerprint density at radius 1 is 1.33 bits per heavy atom. The van der Waals surface area contributed by atoms with Crippen molar-refractivity contribution in [3.63, 3.8) is 0 Å². The van der Waals surface area contributed by atoms with Crippen molar-refractivity contribution in [2.75, 3.05) is 0 Å². The van der Waals surface area contributed by atoms with Crippen molar-refractivity contribution in [2.24, 2.45) is 0 Å². The molecule has 1 aliphatic rings. The highest BCUT2D eigenvalue weighted by molar-refractivity contribution is 7.80. The fraction of sp³-hybridized carbons (Fsp3) is 0.154. The van der Waals surface area contributed by atoms with Gasteiger partial charge in [-0.25, -0.2) is 0 Å². The summed E-state index contributed by atoms with van der Waals surface area (Å²) in [5.41, 5.74) is 1.04. The van der Waals surface area contributed by atoms with E-state index in [0.717, 1.165) is 17.2 Å². The van der Waals surface area contributed by atoms with Gasteiger partial charge in [0.1, 0.15) is 17.6 Å². The van der Waals surface area contributed by atoms with E-state index in [-0.39, 0.29) is 6.04 Å². The zero-order valence-corrected chi connectivity index (χ0v) is 11.4. The van der Waals surface area contributed by atoms with Crippen LogP contribution >= 0.6 is 23.6 Å². The number of rotatable bonds is 2. The lowest BCUT2D eigenvalue weighted by molar-refractivity contribution is 0.456. The third kappa shape index (κ3) is 2.19. The number of aryl methyl sites for hydroxylation is 1. The summed E-state index contributed by atoms with van der Waals surface area (Å²) in [5, 5.41) is 9.04. The number of thiophene rings is 1. The van der Waals surface area contributed by atoms with Crippen LogP contribution in [0.4, 0.5) is 0 Å². The van der Waals surface area contributed by atoms with Crippen molar-refractivity contribution in [2.45, 2.75) is 13.0 Å². The SMILES string of the molecule is Cc1ccc(C2C=C(c3cccs3)NC(=S)N2)o1. The van der Waals surface area contributed by atoms with Crippen molar-refractivity contribution in [1.29, 1.82) is 0 Å². The first kappa shape index (κ1) is 11.5. The van der Waals surface area contributed by atoms with E-state index in [9.17, 15) is 0 Å². The first-order valence-corrected chi connectivity index (χ1v) is 6.91. The van der Waals surface area contributed by atoms with Gasteiger partial charge in [0.05, 0.1) is 10.6 Å². The third-order valence-corrected chi connectivity index (χ3v) is 3.85. The monoisotopic (exact) mass is 276 g/mol. The maximum absolute atomic E-state index is 5.65. The molecule has 1 aliphatic heterocycles. The molecule has 5 heteroatoms. The Bertz CT molecular complexity index is 598. The minimum atomic E-state index is -0.00968. The van der Waals surface area contributed by atoms with Crippen molar-refractivity contribution in [1.82, 2.24) is 10.6 Å². The molecule has 2 N–H and O–H groups in total. The van der Waals surface area contributed by atoms with E-state index in [1.165, 1.54) is 4.88 Å². The number of hydrogen-bond donors (Lipinski definition) is 2. The van der Waals surface area contributed by atoms with Crippen LogP contribution in [-0.4, -0.2) is 5.11 Å². The van der Waals surface area contributed by atoms with Crippen molar-refractivity contribution < 1.29 is 4.42 Å². The maximum atomic E-state index is 5.65. The smallest absolute Gasteiger partial charge is 0.171 e. The summed E-state index contributed by atoms with van der Waals surface area (Å²) in [6, 6.07) is 8.02. The molecule has 3 rings (SSSR count). The lowest BCUT2D eigenvalue weighted by Gasteiger charge is -2.24. The molecule has 0 bridgehead atoms. The lowest BCUT2D eigenvalue weighted by Crippen LogP contribution is -2.40. The summed E-state index contributed by atoms with van der Waals surface area (Å²) in [7, 11) is 0. The van der Waals surface area contributed by atoms with Gasteiger partial charge in [-0.1, -0.05) is 6.07 Å². The molecule has 92 valence electrons. The minimum absolute atomic E-state index is 0.00968. The summed E-state index contributed by atoms with van der Waals surface area (Å²) >= 11 is 6.93. The Hall–Kier alpha value is -1.59. The van der Waals surface area contributed by atoms with Gasteiger partial charge in [-0.3, -0.25) is 0 Å². The van der Waals surface area contributed by atoms with Crippen molar-refractivity contribution in [3.8, 4) is 0 Å². The predicted molar refractivity (Wildman–Crippen MR) is 77.4 cm³/mol. The van der Waals surface area contributed by atoms with Crippen molar-refractivity contribution >= 4 is 34.4 Å². The van der Waals surface area contributed by atoms with E-state index in [1.54, 1.807) is 11.3 Å². The second-order valence-electron chi connectivity index (χ2n) is 4.08. The van der Waals surface area contributed by atoms with Crippen LogP contribution in [0.15, 0.2) is 40.1 Å². The molecule has 2 aromatic heterocycles. The molecule has 0 aromatic carbocycles. The van der Waals surface area contributed by atoms with Crippen molar-refractivity contribution in [3.05, 3.63) is 52.1 Å². The lowest BCUT2D eigenvalue weighted by atomic mass is 10.1. The second kappa shape index (κ2) is 4.59. The Morgan fingerprint density at radius 2 is 2.22 bits per heavy atom. The minimum Gasteiger partial charge on any atom is -0.464 e. The Morgan fingerprint density at radius 3 is 2.89 bits per heavy atom. The van der Waals surface area contributed by atoms with Gasteiger partial charge in [0.25, 0.3) is 0 Å². The van der Waals surface area contributed by atoms with Gasteiger partial charge in [-0.2, -0.15) is 0 Å². The van der Waals surface area contributed by atoms with Crippen LogP contribution in [0.2, 0.25) is 0 Å². The zero-order chi connectivity index (χ0) is 12.5. The fourth-order valence-electron chi connectivity index (χ4n) is 1.90. The van der Waals surface area contributed by atoms with E-state index < -0.39 is 0 Å². The number of furan rings is 1. The highest BCUT2D eigenvalue weighted by Gasteiger charge is 2.21. The Kier molecular flexibility index (Phi) is 2.93. The Balaban J connectivity index is 1.96. The van der Waals surface area contributed by atoms with Crippen LogP contribution in [0, 0.1) is 6.92 Å². The molecule has 0 fully saturated rings. The van der Waals surface area contributed by atoms with E-state index in [1.807, 2.05) is 25.1 Å². The second-order valence-corrected chi connectivity index (χ2v) is 5.44. The average molecular weight is 276 g/mol. The van der Waals surface area contributed by atoms with Crippen LogP contribution in [0.5, 0.6) is 0 Å². The summed E-state index contributed by atoms with van der Waals surface area (Å²) in [6.07, 6.45) is 2.10. The quantitative estimate of drug-likeness (QED) is 0.826. The molecule has 0 radical (unpaired) electrons. The van der Waals surface area contributed by atoms with Crippen LogP contribution in [0.25, 0.3) is 5.70 Å². The van der Waals surface area contributed by atoms with Crippen LogP contribution in [-0.2, 0) is 0 Å². The van der Waals surface area contributed by atoms with E-state index >= 15 is 0 Å². The van der Waals surface area contributed by atoms with Gasteiger partial charge in [0.15, 0.2) is 5.11 Å². The largest absolute Gasteiger partial charge is 0.464 e. The average Bonchev–Trinajstić information content (AvgIpc) is 2.98. The van der Waals surface area contributed by atoms with Gasteiger partial charge in [0, 0.05) is 0 Å². The predicted octanol–water partition coefficient (Wildman–Crippen LogP) is 3.21. The molecule has 0 spiro atoms. The fourth-order valence-corrected chi connectivity index (χ4v) is 2.84. The zero-order valence-electron chi connectivity index (χ0n) is 9.77. The van der Waals surface area contributed by atoms with E-state index in [2.05, 4.69) is 28.2 Å². The summed E-state index contributed by atoms with van der Waals surface area (Å²) in [5.74, 6) is 1.78. The van der Waals surface area contributed by atoms with E-state index in [0.29, 0.717) is 5.11 Å². The molecular weight excluding hydrogens is 264 g/mol. The van der Waals surface area contributed by atoms with E-state index in [4.69, 9.17) is 16.6 Å². The molecule has 1 unspecified atom stereocenters. The highest BCUT2D eigenvalue weighted by Crippen LogP contribution is 2.26. The van der Waals surface area contributed by atoms with Gasteiger partial charge in [0.2, 0.25) is 0 Å². The summed E-state index contributed by atoms with van der Waals surface area (Å²) in [4.78, 5) is 1.17. The number of hydrogen-bond acceptors (Lipinski definition) is 3. The molecule has 3 heterocycles. The molecule has 2 aromatic rings. The molecule has 18 heavy (non-hydrogen) atoms. The van der Waals surface area contributed by atoms with Gasteiger partial charge in [-0.05, 0) is 48.8 Å². The topological polar surface area (TPSA) is 37.2 Å². The van der Waals surface area contributed by atoms with Crippen LogP contribution in [0.3, 0.4) is 0 Å². The first-order chi connectivity index (χ1) is 8.72. The van der Waals surface area contributed by atoms with Gasteiger partial charge >= 0.3 is 0 Å². The van der Waals surface area contributed by atoms with Gasteiger partial charge < -0.3 is 15.1 Å². The molecular formula is C13H12N2OS2. The molecule has 0 saturated carbocycles. The van der Waals surface area contributed by atoms with Crippen LogP contribution in [0.1, 0.15) is 22.4 Å². The maximum Gasteiger partial charge on any atom is 0.171 e. The first-order valence-electron chi connectivity index (χ1n) is 5.62. The molecule has 1 atom stereocenters. The normalized spacial score (nSPS) is 19.1. The summed E-state index contributed by atoms with van der Waals surface area (Å²) in [6.45, 7) is 1.94. The highest BCUT2D eigenvalue weighted by atomic mass is 32.1. The molecule has 0 aliphatic carbocycles. The molecule has 3 nitrogen and oxygen atoms in total.